The van der Waals surface area contributed by atoms with Gasteiger partial charge in [-0.3, -0.25) is 4.79 Å². The van der Waals surface area contributed by atoms with Crippen molar-refractivity contribution in [1.29, 1.82) is 0 Å². The molecule has 1 amide bonds. The summed E-state index contributed by atoms with van der Waals surface area (Å²) in [6.07, 6.45) is 1.52. The van der Waals surface area contributed by atoms with Gasteiger partial charge in [0.15, 0.2) is 0 Å². The minimum absolute atomic E-state index is 0.0140. The van der Waals surface area contributed by atoms with E-state index in [1.165, 1.54) is 10.4 Å². The van der Waals surface area contributed by atoms with Crippen LogP contribution in [0.3, 0.4) is 0 Å². The van der Waals surface area contributed by atoms with Crippen LogP contribution in [0.4, 0.5) is 0 Å². The zero-order valence-corrected chi connectivity index (χ0v) is 16.6. The molecular formula is C22H24N2OS. The number of thiophene rings is 1. The number of nitrogens with zero attached hydrogens (tertiary/aromatic N) is 2. The van der Waals surface area contributed by atoms with E-state index in [-0.39, 0.29) is 11.9 Å². The van der Waals surface area contributed by atoms with Gasteiger partial charge in [-0.05, 0) is 43.4 Å². The number of amides is 1. The largest absolute Gasteiger partial charge is 0.273 e. The number of hydrogen-bond acceptors (Lipinski definition) is 3. The average Bonchev–Trinajstić information content (AvgIpc) is 3.24. The summed E-state index contributed by atoms with van der Waals surface area (Å²) in [6, 6.07) is 12.5. The van der Waals surface area contributed by atoms with Crippen LogP contribution in [-0.4, -0.2) is 22.7 Å². The number of aryl methyl sites for hydroxylation is 1. The van der Waals surface area contributed by atoms with E-state index in [1.54, 1.807) is 23.3 Å². The van der Waals surface area contributed by atoms with Crippen molar-refractivity contribution in [2.45, 2.75) is 46.6 Å². The minimum atomic E-state index is -0.0140. The summed E-state index contributed by atoms with van der Waals surface area (Å²) in [4.78, 5) is 13.4. The second kappa shape index (κ2) is 7.86. The Labute approximate surface area is 159 Å². The summed E-state index contributed by atoms with van der Waals surface area (Å²) in [5.74, 6) is -0.0140. The van der Waals surface area contributed by atoms with Crippen LogP contribution >= 0.6 is 11.3 Å². The predicted octanol–water partition coefficient (Wildman–Crippen LogP) is 5.42. The molecule has 26 heavy (non-hydrogen) atoms. The maximum atomic E-state index is 12.2. The molecule has 3 nitrogen and oxygen atoms in total. The van der Waals surface area contributed by atoms with E-state index in [1.807, 2.05) is 0 Å². The molecule has 2 aromatic rings. The summed E-state index contributed by atoms with van der Waals surface area (Å²) < 4.78 is 0. The summed E-state index contributed by atoms with van der Waals surface area (Å²) in [6.45, 7) is 7.77. The van der Waals surface area contributed by atoms with Crippen molar-refractivity contribution in [2.75, 3.05) is 0 Å². The topological polar surface area (TPSA) is 32.7 Å². The number of hydrazone groups is 1. The van der Waals surface area contributed by atoms with Crippen molar-refractivity contribution >= 4 is 28.5 Å². The number of benzene rings is 1. The highest BCUT2D eigenvalue weighted by Crippen LogP contribution is 2.31. The number of carbonyl (C=O) groups excluding carboxylic acids is 1. The van der Waals surface area contributed by atoms with Gasteiger partial charge in [0.2, 0.25) is 5.91 Å². The van der Waals surface area contributed by atoms with Crippen LogP contribution < -0.4 is 0 Å². The first kappa shape index (κ1) is 18.4. The van der Waals surface area contributed by atoms with Crippen molar-refractivity contribution in [3.05, 3.63) is 69.1 Å². The van der Waals surface area contributed by atoms with Gasteiger partial charge < -0.3 is 0 Å². The van der Waals surface area contributed by atoms with Gasteiger partial charge in [-0.25, -0.2) is 5.01 Å². The highest BCUT2D eigenvalue weighted by atomic mass is 32.1. The zero-order valence-electron chi connectivity index (χ0n) is 15.7. The summed E-state index contributed by atoms with van der Waals surface area (Å²) in [5, 5.41) is 8.36. The van der Waals surface area contributed by atoms with Crippen molar-refractivity contribution < 1.29 is 4.79 Å². The molecule has 2 heterocycles. The quantitative estimate of drug-likeness (QED) is 0.667. The van der Waals surface area contributed by atoms with Crippen LogP contribution in [0.1, 0.15) is 49.6 Å². The van der Waals surface area contributed by atoms with Crippen molar-refractivity contribution in [2.24, 2.45) is 5.10 Å². The molecule has 3 rings (SSSR count). The molecule has 0 aliphatic carbocycles. The number of rotatable bonds is 4. The van der Waals surface area contributed by atoms with Crippen LogP contribution in [0.15, 0.2) is 58.2 Å². The Morgan fingerprint density at radius 1 is 1.23 bits per heavy atom. The standard InChI is InChI=1S/C22H24N2OS/c1-15(2)12-19(22-6-5-11-26-22)13-20-14-21(23-24(20)17(4)25)18-9-7-16(3)8-10-18/h5-11,20H,13-14H2,1-4H3/t20-/m0/s1. The van der Waals surface area contributed by atoms with E-state index in [0.29, 0.717) is 0 Å². The van der Waals surface area contributed by atoms with Crippen LogP contribution in [0.25, 0.3) is 5.57 Å². The molecule has 1 aromatic heterocycles. The lowest BCUT2D eigenvalue weighted by Gasteiger charge is -2.20. The molecule has 0 radical (unpaired) electrons. The molecule has 0 fully saturated rings. The Balaban J connectivity index is 1.89. The lowest BCUT2D eigenvalue weighted by molar-refractivity contribution is -0.130. The Morgan fingerprint density at radius 3 is 2.54 bits per heavy atom. The summed E-state index contributed by atoms with van der Waals surface area (Å²) in [7, 11) is 0. The first-order chi connectivity index (χ1) is 12.4. The smallest absolute Gasteiger partial charge is 0.239 e. The van der Waals surface area contributed by atoms with E-state index in [2.05, 4.69) is 73.4 Å². The fourth-order valence-electron chi connectivity index (χ4n) is 3.17. The predicted molar refractivity (Wildman–Crippen MR) is 109 cm³/mol. The van der Waals surface area contributed by atoms with Gasteiger partial charge in [0.05, 0.1) is 11.8 Å². The van der Waals surface area contributed by atoms with E-state index in [9.17, 15) is 4.79 Å². The van der Waals surface area contributed by atoms with Crippen molar-refractivity contribution in [3.63, 3.8) is 0 Å². The fourth-order valence-corrected chi connectivity index (χ4v) is 3.91. The number of carbonyl (C=O) groups is 1. The van der Waals surface area contributed by atoms with Gasteiger partial charge in [0, 0.05) is 30.2 Å². The molecule has 134 valence electrons. The van der Waals surface area contributed by atoms with E-state index in [4.69, 9.17) is 0 Å². The average molecular weight is 365 g/mol. The SMILES string of the molecule is CC(=O)N1N=C(c2ccc(C)cc2)C[C@@H]1CC(=C=C(C)C)c1cccs1. The molecule has 0 spiro atoms. The molecule has 1 atom stereocenters. The Morgan fingerprint density at radius 2 is 1.96 bits per heavy atom. The molecule has 0 bridgehead atoms. The van der Waals surface area contributed by atoms with Gasteiger partial charge in [-0.1, -0.05) is 35.9 Å². The summed E-state index contributed by atoms with van der Waals surface area (Å²) in [5.41, 5.74) is 9.07. The van der Waals surface area contributed by atoms with E-state index >= 15 is 0 Å². The lowest BCUT2D eigenvalue weighted by atomic mass is 9.97. The summed E-state index contributed by atoms with van der Waals surface area (Å²) >= 11 is 1.71. The van der Waals surface area contributed by atoms with Gasteiger partial charge in [-0.15, -0.1) is 17.1 Å². The first-order valence-electron chi connectivity index (χ1n) is 8.85. The van der Waals surface area contributed by atoms with E-state index < -0.39 is 0 Å². The Bertz CT molecular complexity index is 881. The molecule has 0 unspecified atom stereocenters. The highest BCUT2D eigenvalue weighted by molar-refractivity contribution is 7.11. The lowest BCUT2D eigenvalue weighted by Crippen LogP contribution is -2.30. The molecule has 1 aromatic carbocycles. The zero-order chi connectivity index (χ0) is 18.7. The Hall–Kier alpha value is -2.42. The van der Waals surface area contributed by atoms with Crippen LogP contribution in [-0.2, 0) is 4.79 Å². The third kappa shape index (κ3) is 4.21. The molecule has 1 aliphatic rings. The molecule has 4 heteroatoms. The maximum Gasteiger partial charge on any atom is 0.239 e. The number of hydrogen-bond donors (Lipinski definition) is 0. The van der Waals surface area contributed by atoms with E-state index in [0.717, 1.165) is 35.3 Å². The van der Waals surface area contributed by atoms with Gasteiger partial charge in [-0.2, -0.15) is 5.10 Å². The molecule has 0 saturated heterocycles. The fraction of sp³-hybridized carbons (Fsp3) is 0.318. The monoisotopic (exact) mass is 364 g/mol. The van der Waals surface area contributed by atoms with Gasteiger partial charge in [0.25, 0.3) is 0 Å². The molecule has 1 aliphatic heterocycles. The molecule has 0 saturated carbocycles. The Kier molecular flexibility index (Phi) is 5.55. The normalized spacial score (nSPS) is 16.2. The maximum absolute atomic E-state index is 12.2. The third-order valence-electron chi connectivity index (χ3n) is 4.37. The van der Waals surface area contributed by atoms with Crippen LogP contribution in [0.2, 0.25) is 0 Å². The van der Waals surface area contributed by atoms with Crippen molar-refractivity contribution in [1.82, 2.24) is 5.01 Å². The van der Waals surface area contributed by atoms with Gasteiger partial charge in [0.1, 0.15) is 0 Å². The highest BCUT2D eigenvalue weighted by Gasteiger charge is 2.31. The minimum Gasteiger partial charge on any atom is -0.273 e. The van der Waals surface area contributed by atoms with Crippen LogP contribution in [0, 0.1) is 6.92 Å². The van der Waals surface area contributed by atoms with Gasteiger partial charge >= 0.3 is 0 Å². The van der Waals surface area contributed by atoms with Crippen LogP contribution in [0.5, 0.6) is 0 Å². The third-order valence-corrected chi connectivity index (χ3v) is 5.30. The molecular weight excluding hydrogens is 340 g/mol. The van der Waals surface area contributed by atoms with Crippen molar-refractivity contribution in [3.8, 4) is 0 Å². The molecule has 0 N–H and O–H groups in total. The second-order valence-corrected chi connectivity index (χ2v) is 7.87. The second-order valence-electron chi connectivity index (χ2n) is 6.92. The first-order valence-corrected chi connectivity index (χ1v) is 9.73.